The van der Waals surface area contributed by atoms with E-state index in [-0.39, 0.29) is 12.3 Å². The summed E-state index contributed by atoms with van der Waals surface area (Å²) in [5, 5.41) is 15.5. The highest BCUT2D eigenvalue weighted by Crippen LogP contribution is 2.26. The second kappa shape index (κ2) is 7.43. The van der Waals surface area contributed by atoms with E-state index in [1.807, 2.05) is 30.3 Å². The van der Waals surface area contributed by atoms with E-state index in [1.54, 1.807) is 43.1 Å². The van der Waals surface area contributed by atoms with Gasteiger partial charge in [0.05, 0.1) is 19.0 Å². The van der Waals surface area contributed by atoms with Crippen molar-refractivity contribution in [1.29, 1.82) is 0 Å². The molecule has 140 valence electrons. The number of aryl methyl sites for hydroxylation is 1. The number of rotatable bonds is 5. The Hall–Kier alpha value is -3.81. The summed E-state index contributed by atoms with van der Waals surface area (Å²) in [5.74, 6) is 1.08. The molecule has 2 aromatic heterocycles. The van der Waals surface area contributed by atoms with Gasteiger partial charge in [0, 0.05) is 17.3 Å². The maximum atomic E-state index is 12.6. The van der Waals surface area contributed by atoms with Gasteiger partial charge in [-0.2, -0.15) is 4.68 Å². The Morgan fingerprint density at radius 1 is 1.18 bits per heavy atom. The number of aromatic nitrogens is 5. The third kappa shape index (κ3) is 3.39. The van der Waals surface area contributed by atoms with E-state index >= 15 is 0 Å². The average Bonchev–Trinajstić information content (AvgIpc) is 3.14. The Kier molecular flexibility index (Phi) is 4.67. The Balaban J connectivity index is 1.59. The van der Waals surface area contributed by atoms with Gasteiger partial charge < -0.3 is 10.1 Å². The van der Waals surface area contributed by atoms with Crippen molar-refractivity contribution in [3.8, 4) is 11.4 Å². The molecular weight excluding hydrogens is 356 g/mol. The van der Waals surface area contributed by atoms with Gasteiger partial charge in [-0.05, 0) is 47.2 Å². The number of benzene rings is 2. The van der Waals surface area contributed by atoms with Crippen molar-refractivity contribution in [2.75, 3.05) is 12.4 Å². The van der Waals surface area contributed by atoms with Gasteiger partial charge in [0.2, 0.25) is 5.91 Å². The number of hydrogen-bond donors (Lipinski definition) is 1. The summed E-state index contributed by atoms with van der Waals surface area (Å²) in [6.07, 6.45) is 1.95. The number of methoxy groups -OCH3 is 1. The van der Waals surface area contributed by atoms with Crippen molar-refractivity contribution < 1.29 is 9.53 Å². The third-order valence-corrected chi connectivity index (χ3v) is 4.38. The molecule has 0 saturated carbocycles. The highest BCUT2D eigenvalue weighted by Gasteiger charge is 2.13. The Labute approximate surface area is 161 Å². The quantitative estimate of drug-likeness (QED) is 0.577. The van der Waals surface area contributed by atoms with Crippen LogP contribution in [0.1, 0.15) is 11.4 Å². The minimum absolute atomic E-state index is 0.136. The fourth-order valence-corrected chi connectivity index (χ4v) is 3.08. The standard InChI is InChI=1S/C20H18N6O2/c1-13-23-24-25-26(13)17-12-16(8-9-18(17)28-2)22-19(27)11-15-6-3-5-14-7-4-10-21-20(14)15/h3-10,12H,11H2,1-2H3,(H,22,27). The van der Waals surface area contributed by atoms with Gasteiger partial charge in [0.1, 0.15) is 11.4 Å². The Morgan fingerprint density at radius 2 is 2.04 bits per heavy atom. The highest BCUT2D eigenvalue weighted by atomic mass is 16.5. The van der Waals surface area contributed by atoms with Crippen LogP contribution >= 0.6 is 0 Å². The number of anilines is 1. The summed E-state index contributed by atoms with van der Waals surface area (Å²) >= 11 is 0. The van der Waals surface area contributed by atoms with E-state index in [9.17, 15) is 4.79 Å². The minimum atomic E-state index is -0.136. The van der Waals surface area contributed by atoms with Gasteiger partial charge in [-0.15, -0.1) is 5.10 Å². The molecule has 2 heterocycles. The lowest BCUT2D eigenvalue weighted by Crippen LogP contribution is -2.15. The van der Waals surface area contributed by atoms with E-state index in [1.165, 1.54) is 0 Å². The maximum absolute atomic E-state index is 12.6. The molecule has 0 atom stereocenters. The molecular formula is C20H18N6O2. The normalized spacial score (nSPS) is 10.8. The molecule has 0 bridgehead atoms. The third-order valence-electron chi connectivity index (χ3n) is 4.38. The van der Waals surface area contributed by atoms with Crippen LogP contribution in [0.5, 0.6) is 5.75 Å². The number of carbonyl (C=O) groups excluding carboxylic acids is 1. The number of pyridine rings is 1. The van der Waals surface area contributed by atoms with Crippen LogP contribution in [0.2, 0.25) is 0 Å². The van der Waals surface area contributed by atoms with Crippen LogP contribution < -0.4 is 10.1 Å². The summed E-state index contributed by atoms with van der Waals surface area (Å²) in [5.41, 5.74) is 2.99. The van der Waals surface area contributed by atoms with Crippen LogP contribution in [0, 0.1) is 6.92 Å². The van der Waals surface area contributed by atoms with E-state index in [4.69, 9.17) is 4.74 Å². The molecule has 1 N–H and O–H groups in total. The Morgan fingerprint density at radius 3 is 2.82 bits per heavy atom. The molecule has 0 aliphatic heterocycles. The zero-order valence-corrected chi connectivity index (χ0v) is 15.5. The van der Waals surface area contributed by atoms with Gasteiger partial charge >= 0.3 is 0 Å². The molecule has 8 heteroatoms. The van der Waals surface area contributed by atoms with Gasteiger partial charge in [-0.25, -0.2) is 0 Å². The van der Waals surface area contributed by atoms with Crippen molar-refractivity contribution >= 4 is 22.5 Å². The first-order chi connectivity index (χ1) is 13.7. The average molecular weight is 374 g/mol. The number of amides is 1. The van der Waals surface area contributed by atoms with Crippen LogP contribution in [0.15, 0.2) is 54.7 Å². The lowest BCUT2D eigenvalue weighted by molar-refractivity contribution is -0.115. The number of nitrogens with zero attached hydrogens (tertiary/aromatic N) is 5. The molecule has 4 rings (SSSR count). The smallest absolute Gasteiger partial charge is 0.228 e. The second-order valence-corrected chi connectivity index (χ2v) is 6.24. The van der Waals surface area contributed by atoms with Crippen LogP contribution in [-0.4, -0.2) is 38.2 Å². The second-order valence-electron chi connectivity index (χ2n) is 6.24. The molecule has 0 aliphatic rings. The molecule has 28 heavy (non-hydrogen) atoms. The monoisotopic (exact) mass is 374 g/mol. The molecule has 0 fully saturated rings. The summed E-state index contributed by atoms with van der Waals surface area (Å²) in [6, 6.07) is 15.0. The van der Waals surface area contributed by atoms with E-state index < -0.39 is 0 Å². The van der Waals surface area contributed by atoms with Crippen LogP contribution in [0.3, 0.4) is 0 Å². The first-order valence-electron chi connectivity index (χ1n) is 8.71. The van der Waals surface area contributed by atoms with Crippen molar-refractivity contribution in [2.45, 2.75) is 13.3 Å². The lowest BCUT2D eigenvalue weighted by Gasteiger charge is -2.12. The molecule has 0 radical (unpaired) electrons. The first-order valence-corrected chi connectivity index (χ1v) is 8.71. The summed E-state index contributed by atoms with van der Waals surface area (Å²) in [7, 11) is 1.57. The Bertz CT molecular complexity index is 1150. The molecule has 4 aromatic rings. The maximum Gasteiger partial charge on any atom is 0.228 e. The van der Waals surface area contributed by atoms with E-state index in [0.717, 1.165) is 16.5 Å². The zero-order chi connectivity index (χ0) is 19.5. The van der Waals surface area contributed by atoms with Crippen molar-refractivity contribution in [2.24, 2.45) is 0 Å². The molecule has 0 unspecified atom stereocenters. The molecule has 2 aromatic carbocycles. The largest absolute Gasteiger partial charge is 0.494 e. The summed E-state index contributed by atoms with van der Waals surface area (Å²) in [6.45, 7) is 1.79. The minimum Gasteiger partial charge on any atom is -0.494 e. The number of nitrogens with one attached hydrogen (secondary N) is 1. The first kappa shape index (κ1) is 17.6. The number of carbonyl (C=O) groups is 1. The highest BCUT2D eigenvalue weighted by molar-refractivity contribution is 5.95. The zero-order valence-electron chi connectivity index (χ0n) is 15.5. The van der Waals surface area contributed by atoms with E-state index in [2.05, 4.69) is 25.8 Å². The predicted octanol–water partition coefficient (Wildman–Crippen LogP) is 2.71. The number of tetrazole rings is 1. The summed E-state index contributed by atoms with van der Waals surface area (Å²) in [4.78, 5) is 17.0. The van der Waals surface area contributed by atoms with Gasteiger partial charge in [0.25, 0.3) is 0 Å². The van der Waals surface area contributed by atoms with Crippen LogP contribution in [-0.2, 0) is 11.2 Å². The lowest BCUT2D eigenvalue weighted by atomic mass is 10.1. The fourth-order valence-electron chi connectivity index (χ4n) is 3.08. The van der Waals surface area contributed by atoms with Crippen molar-refractivity contribution in [1.82, 2.24) is 25.2 Å². The SMILES string of the molecule is COc1ccc(NC(=O)Cc2cccc3cccnc23)cc1-n1nnnc1C. The number of ether oxygens (including phenoxy) is 1. The fraction of sp³-hybridized carbons (Fsp3) is 0.150. The van der Waals surface area contributed by atoms with E-state index in [0.29, 0.717) is 22.9 Å². The molecule has 0 saturated heterocycles. The molecule has 8 nitrogen and oxygen atoms in total. The number of para-hydroxylation sites is 1. The van der Waals surface area contributed by atoms with Gasteiger partial charge in [-0.3, -0.25) is 9.78 Å². The van der Waals surface area contributed by atoms with Crippen molar-refractivity contribution in [3.05, 3.63) is 66.1 Å². The summed E-state index contributed by atoms with van der Waals surface area (Å²) < 4.78 is 6.95. The molecule has 0 aliphatic carbocycles. The van der Waals surface area contributed by atoms with Crippen LogP contribution in [0.25, 0.3) is 16.6 Å². The van der Waals surface area contributed by atoms with Crippen molar-refractivity contribution in [3.63, 3.8) is 0 Å². The van der Waals surface area contributed by atoms with Crippen LogP contribution in [0.4, 0.5) is 5.69 Å². The number of hydrogen-bond acceptors (Lipinski definition) is 6. The van der Waals surface area contributed by atoms with Gasteiger partial charge in [-0.1, -0.05) is 24.3 Å². The topological polar surface area (TPSA) is 94.8 Å². The predicted molar refractivity (Wildman–Crippen MR) is 105 cm³/mol. The molecule has 1 amide bonds. The number of fused-ring (bicyclic) bond motifs is 1. The van der Waals surface area contributed by atoms with Gasteiger partial charge in [0.15, 0.2) is 5.82 Å². The molecule has 0 spiro atoms.